The summed E-state index contributed by atoms with van der Waals surface area (Å²) in [5, 5.41) is 0. The van der Waals surface area contributed by atoms with E-state index in [0.717, 1.165) is 22.3 Å². The van der Waals surface area contributed by atoms with E-state index in [9.17, 15) is 0 Å². The molecule has 5 rings (SSSR count). The maximum atomic E-state index is 8.00. The molecule has 0 radical (unpaired) electrons. The lowest BCUT2D eigenvalue weighted by Gasteiger charge is -1.94. The van der Waals surface area contributed by atoms with Gasteiger partial charge in [-0.25, -0.2) is 14.1 Å². The largest absolute Gasteiger partial charge is 0.316 e. The van der Waals surface area contributed by atoms with Crippen molar-refractivity contribution in [2.75, 3.05) is 0 Å². The van der Waals surface area contributed by atoms with E-state index in [2.05, 4.69) is 9.55 Å². The molecule has 0 spiro atoms. The van der Waals surface area contributed by atoms with Crippen LogP contribution in [-0.4, -0.2) is 14.0 Å². The van der Waals surface area contributed by atoms with Gasteiger partial charge in [0.2, 0.25) is 5.52 Å². The van der Waals surface area contributed by atoms with Crippen LogP contribution < -0.4 is 4.57 Å². The third kappa shape index (κ3) is 1.04. The van der Waals surface area contributed by atoms with Gasteiger partial charge >= 0.3 is 5.82 Å². The van der Waals surface area contributed by atoms with Crippen LogP contribution in [0.5, 0.6) is 0 Å². The molecule has 4 heteroatoms. The molecular formula is C16H13N4+. The lowest BCUT2D eigenvalue weighted by molar-refractivity contribution is -0.645. The summed E-state index contributed by atoms with van der Waals surface area (Å²) in [4.78, 5) is 4.43. The quantitative estimate of drug-likeness (QED) is 0.394. The summed E-state index contributed by atoms with van der Waals surface area (Å²) < 4.78 is 29.5. The fraction of sp³-hybridized carbons (Fsp3) is 0.125. The number of fused-ring (bicyclic) bond motifs is 7. The van der Waals surface area contributed by atoms with Crippen molar-refractivity contribution in [2.24, 2.45) is 6.98 Å². The van der Waals surface area contributed by atoms with Gasteiger partial charge < -0.3 is 4.40 Å². The molecule has 1 aliphatic heterocycles. The minimum Gasteiger partial charge on any atom is -0.316 e. The summed E-state index contributed by atoms with van der Waals surface area (Å²) in [5.74, 6) is 0.664. The fourth-order valence-electron chi connectivity index (χ4n) is 3.20. The third-order valence-electron chi connectivity index (χ3n) is 4.05. The van der Waals surface area contributed by atoms with Crippen LogP contribution >= 0.6 is 0 Å². The summed E-state index contributed by atoms with van der Waals surface area (Å²) in [6, 6.07) is 9.81. The van der Waals surface area contributed by atoms with E-state index >= 15 is 0 Å². The molecular weight excluding hydrogens is 248 g/mol. The Morgan fingerprint density at radius 1 is 1.25 bits per heavy atom. The van der Waals surface area contributed by atoms with Gasteiger partial charge in [-0.05, 0) is 18.2 Å². The first kappa shape index (κ1) is 7.85. The molecule has 1 aliphatic rings. The summed E-state index contributed by atoms with van der Waals surface area (Å²) in [6.07, 6.45) is 5.53. The topological polar surface area (TPSA) is 26.1 Å². The van der Waals surface area contributed by atoms with Crippen LogP contribution in [0, 0.1) is 0 Å². The Morgan fingerprint density at radius 3 is 3.20 bits per heavy atom. The molecule has 5 heterocycles. The van der Waals surface area contributed by atoms with Crippen molar-refractivity contribution < 1.29 is 8.68 Å². The van der Waals surface area contributed by atoms with Gasteiger partial charge in [0.1, 0.15) is 6.54 Å². The minimum atomic E-state index is -2.26. The van der Waals surface area contributed by atoms with Crippen LogP contribution in [0.25, 0.3) is 28.1 Å². The minimum absolute atomic E-state index is 0.645. The Bertz CT molecular complexity index is 1090. The second-order valence-corrected chi connectivity index (χ2v) is 5.11. The molecule has 0 saturated heterocycles. The lowest BCUT2D eigenvalue weighted by atomic mass is 10.2. The Balaban J connectivity index is 2.01. The van der Waals surface area contributed by atoms with Crippen LogP contribution in [0.15, 0.2) is 48.9 Å². The number of pyridine rings is 2. The van der Waals surface area contributed by atoms with Crippen LogP contribution in [0.1, 0.15) is 9.68 Å². The van der Waals surface area contributed by atoms with Gasteiger partial charge in [-0.15, -0.1) is 0 Å². The predicted molar refractivity (Wildman–Crippen MR) is 76.4 cm³/mol. The second kappa shape index (κ2) is 3.28. The average molecular weight is 264 g/mol. The van der Waals surface area contributed by atoms with Crippen molar-refractivity contribution in [2.45, 2.75) is 6.54 Å². The van der Waals surface area contributed by atoms with Crippen LogP contribution in [-0.2, 0) is 13.5 Å². The molecule has 4 nitrogen and oxygen atoms in total. The van der Waals surface area contributed by atoms with E-state index in [1.165, 1.54) is 4.57 Å². The summed E-state index contributed by atoms with van der Waals surface area (Å²) in [7, 11) is 0. The molecule has 0 atom stereocenters. The Hall–Kier alpha value is -2.62. The highest BCUT2D eigenvalue weighted by Gasteiger charge is 2.35. The molecule has 0 bridgehead atoms. The Labute approximate surface area is 119 Å². The normalized spacial score (nSPS) is 15.9. The van der Waals surface area contributed by atoms with E-state index in [-0.39, 0.29) is 0 Å². The maximum absolute atomic E-state index is 8.00. The number of nitrogens with zero attached hydrogens (tertiary/aromatic N) is 4. The molecule has 0 saturated carbocycles. The smallest absolute Gasteiger partial charge is 0.309 e. The monoisotopic (exact) mass is 264 g/mol. The molecule has 0 aromatic carbocycles. The van der Waals surface area contributed by atoms with Crippen molar-refractivity contribution >= 4 is 16.6 Å². The first-order valence-electron chi connectivity index (χ1n) is 8.04. The number of aromatic nitrogens is 4. The van der Waals surface area contributed by atoms with Crippen molar-refractivity contribution in [3.63, 3.8) is 0 Å². The highest BCUT2D eigenvalue weighted by molar-refractivity contribution is 5.91. The van der Waals surface area contributed by atoms with Gasteiger partial charge in [-0.2, -0.15) is 0 Å². The molecule has 0 fully saturated rings. The zero-order valence-electron chi connectivity index (χ0n) is 13.6. The van der Waals surface area contributed by atoms with Crippen molar-refractivity contribution in [1.82, 2.24) is 14.0 Å². The van der Waals surface area contributed by atoms with E-state index in [4.69, 9.17) is 4.11 Å². The highest BCUT2D eigenvalue weighted by atomic mass is 15.2. The predicted octanol–water partition coefficient (Wildman–Crippen LogP) is 2.14. The van der Waals surface area contributed by atoms with E-state index in [1.54, 1.807) is 6.20 Å². The van der Waals surface area contributed by atoms with Crippen LogP contribution in [0.2, 0.25) is 0 Å². The number of hydrogen-bond donors (Lipinski definition) is 0. The van der Waals surface area contributed by atoms with Gasteiger partial charge in [0.05, 0.1) is 22.8 Å². The fourth-order valence-corrected chi connectivity index (χ4v) is 3.20. The number of hydrogen-bond acceptors (Lipinski definition) is 1. The zero-order chi connectivity index (χ0) is 15.8. The molecule has 96 valence electrons. The maximum Gasteiger partial charge on any atom is 0.309 e. The van der Waals surface area contributed by atoms with Gasteiger partial charge in [0.15, 0.2) is 11.2 Å². The molecule has 0 unspecified atom stereocenters. The molecule has 4 aromatic heterocycles. The molecule has 0 N–H and O–H groups in total. The number of imidazole rings is 1. The summed E-state index contributed by atoms with van der Waals surface area (Å²) in [5.41, 5.74) is 4.46. The van der Waals surface area contributed by atoms with Crippen LogP contribution in [0.3, 0.4) is 0 Å². The summed E-state index contributed by atoms with van der Waals surface area (Å²) in [6.45, 7) is -1.62. The van der Waals surface area contributed by atoms with Gasteiger partial charge in [-0.3, -0.25) is 0 Å². The first-order valence-corrected chi connectivity index (χ1v) is 6.54. The third-order valence-corrected chi connectivity index (χ3v) is 4.05. The Kier molecular flexibility index (Phi) is 1.29. The van der Waals surface area contributed by atoms with E-state index < -0.39 is 6.98 Å². The van der Waals surface area contributed by atoms with Gasteiger partial charge in [-0.1, -0.05) is 12.1 Å². The number of rotatable bonds is 0. The molecule has 0 aliphatic carbocycles. The standard InChI is InChI=1S/C16H13N4/c1-18-13-10-19-8-3-2-6-12(19)15(13)20-9-11-5-4-7-17-14(11)16(18)20/h2-8,10H,9H2,1H3/q+1/i1D3. The summed E-state index contributed by atoms with van der Waals surface area (Å²) >= 11 is 0. The van der Waals surface area contributed by atoms with Crippen molar-refractivity contribution in [3.8, 4) is 11.5 Å². The number of aryl methyl sites for hydroxylation is 1. The SMILES string of the molecule is [2H]C([2H])([2H])n1c2[n+](c3c1cn1ccccc31)Cc1cccnc1-2. The highest BCUT2D eigenvalue weighted by Crippen LogP contribution is 2.31. The van der Waals surface area contributed by atoms with Crippen molar-refractivity contribution in [3.05, 3.63) is 54.5 Å². The van der Waals surface area contributed by atoms with Crippen LogP contribution in [0.4, 0.5) is 0 Å². The molecule has 20 heavy (non-hydrogen) atoms. The van der Waals surface area contributed by atoms with Gasteiger partial charge in [0.25, 0.3) is 0 Å². The lowest BCUT2D eigenvalue weighted by Crippen LogP contribution is -2.31. The molecule has 0 amide bonds. The Morgan fingerprint density at radius 2 is 2.25 bits per heavy atom. The van der Waals surface area contributed by atoms with Crippen molar-refractivity contribution in [1.29, 1.82) is 0 Å². The average Bonchev–Trinajstić information content (AvgIpc) is 3.12. The first-order chi connectivity index (χ1) is 11.1. The van der Waals surface area contributed by atoms with E-state index in [1.807, 2.05) is 47.1 Å². The van der Waals surface area contributed by atoms with E-state index in [0.29, 0.717) is 17.9 Å². The zero-order valence-corrected chi connectivity index (χ0v) is 10.6. The van der Waals surface area contributed by atoms with Gasteiger partial charge in [0, 0.05) is 18.0 Å². The molecule has 4 aromatic rings. The second-order valence-electron chi connectivity index (χ2n) is 5.11.